The van der Waals surface area contributed by atoms with Crippen LogP contribution in [0.4, 0.5) is 5.82 Å². The van der Waals surface area contributed by atoms with Gasteiger partial charge < -0.3 is 15.6 Å². The fourth-order valence-electron chi connectivity index (χ4n) is 3.08. The van der Waals surface area contributed by atoms with Gasteiger partial charge >= 0.3 is 0 Å². The van der Waals surface area contributed by atoms with E-state index in [2.05, 4.69) is 4.98 Å². The van der Waals surface area contributed by atoms with Gasteiger partial charge in [-0.1, -0.05) is 6.07 Å². The zero-order valence-corrected chi connectivity index (χ0v) is 14.7. The Balaban J connectivity index is 2.50. The molecular formula is C19H18N4O3. The van der Waals surface area contributed by atoms with Crippen LogP contribution in [0.15, 0.2) is 29.2 Å². The van der Waals surface area contributed by atoms with Gasteiger partial charge in [0.15, 0.2) is 0 Å². The molecule has 0 saturated heterocycles. The number of phenolic OH excluding ortho intramolecular Hbond substituents is 1. The van der Waals surface area contributed by atoms with Crippen molar-refractivity contribution in [2.24, 2.45) is 0 Å². The van der Waals surface area contributed by atoms with Crippen molar-refractivity contribution >= 4 is 16.7 Å². The van der Waals surface area contributed by atoms with Crippen molar-refractivity contribution in [3.05, 3.63) is 57.0 Å². The third-order valence-corrected chi connectivity index (χ3v) is 4.36. The van der Waals surface area contributed by atoms with Gasteiger partial charge in [0.1, 0.15) is 23.2 Å². The molecule has 0 aliphatic rings. The molecule has 0 spiro atoms. The number of benzene rings is 1. The van der Waals surface area contributed by atoms with Gasteiger partial charge in [0, 0.05) is 18.9 Å². The highest BCUT2D eigenvalue weighted by atomic mass is 16.5. The number of phenols is 1. The van der Waals surface area contributed by atoms with Gasteiger partial charge in [0.05, 0.1) is 23.2 Å². The summed E-state index contributed by atoms with van der Waals surface area (Å²) >= 11 is 0. The first-order valence-electron chi connectivity index (χ1n) is 7.92. The lowest BCUT2D eigenvalue weighted by Gasteiger charge is -2.18. The molecule has 2 heterocycles. The molecule has 1 aromatic carbocycles. The van der Waals surface area contributed by atoms with Crippen molar-refractivity contribution in [3.8, 4) is 17.5 Å². The molecule has 0 saturated carbocycles. The highest BCUT2D eigenvalue weighted by Crippen LogP contribution is 2.30. The number of nitrogen functional groups attached to an aromatic ring is 1. The van der Waals surface area contributed by atoms with Gasteiger partial charge in [-0.25, -0.2) is 0 Å². The minimum absolute atomic E-state index is 0.00575. The van der Waals surface area contributed by atoms with Gasteiger partial charge in [-0.15, -0.1) is 0 Å². The number of methoxy groups -OCH3 is 1. The van der Waals surface area contributed by atoms with Gasteiger partial charge in [-0.3, -0.25) is 14.3 Å². The number of nitriles is 1. The van der Waals surface area contributed by atoms with Crippen LogP contribution in [-0.4, -0.2) is 21.8 Å². The summed E-state index contributed by atoms with van der Waals surface area (Å²) in [5.74, 6) is 0.0376. The summed E-state index contributed by atoms with van der Waals surface area (Å²) in [7, 11) is 1.55. The zero-order valence-electron chi connectivity index (χ0n) is 14.7. The van der Waals surface area contributed by atoms with Crippen LogP contribution in [0.2, 0.25) is 0 Å². The van der Waals surface area contributed by atoms with E-state index >= 15 is 0 Å². The summed E-state index contributed by atoms with van der Waals surface area (Å²) in [6.45, 7) is 3.79. The minimum atomic E-state index is -0.404. The first-order valence-corrected chi connectivity index (χ1v) is 7.92. The Bertz CT molecular complexity index is 1130. The minimum Gasteiger partial charge on any atom is -0.508 e. The summed E-state index contributed by atoms with van der Waals surface area (Å²) in [6, 6.07) is 6.94. The third-order valence-electron chi connectivity index (χ3n) is 4.36. The number of aryl methyl sites for hydroxylation is 1. The van der Waals surface area contributed by atoms with Gasteiger partial charge in [0.25, 0.3) is 5.56 Å². The maximum Gasteiger partial charge on any atom is 0.266 e. The maximum absolute atomic E-state index is 13.2. The number of fused-ring (bicyclic) bond motifs is 1. The molecule has 3 aromatic rings. The maximum atomic E-state index is 13.2. The number of anilines is 1. The number of aromatic nitrogens is 2. The average Bonchev–Trinajstić information content (AvgIpc) is 2.62. The van der Waals surface area contributed by atoms with Crippen LogP contribution >= 0.6 is 0 Å². The highest BCUT2D eigenvalue weighted by Gasteiger charge is 2.20. The van der Waals surface area contributed by atoms with Crippen molar-refractivity contribution in [2.45, 2.75) is 20.5 Å². The van der Waals surface area contributed by atoms with Crippen molar-refractivity contribution in [1.82, 2.24) is 9.55 Å². The molecule has 7 heteroatoms. The quantitative estimate of drug-likeness (QED) is 0.749. The van der Waals surface area contributed by atoms with E-state index in [0.717, 1.165) is 5.56 Å². The third kappa shape index (κ3) is 2.57. The first kappa shape index (κ1) is 17.5. The number of pyridine rings is 2. The SMILES string of the molecule is COCc1cnc2c(C#N)c(N)n(-c3c(C)ccc(O)c3C)c(=O)c2c1. The zero-order chi connectivity index (χ0) is 19.0. The van der Waals surface area contributed by atoms with Gasteiger partial charge in [0.2, 0.25) is 0 Å². The van der Waals surface area contributed by atoms with E-state index in [1.807, 2.05) is 13.0 Å². The molecule has 0 bridgehead atoms. The molecule has 0 radical (unpaired) electrons. The predicted octanol–water partition coefficient (Wildman–Crippen LogP) is 2.31. The Labute approximate surface area is 149 Å². The van der Waals surface area contributed by atoms with E-state index in [1.165, 1.54) is 4.57 Å². The number of rotatable bonds is 3. The Hall–Kier alpha value is -3.37. The summed E-state index contributed by atoms with van der Waals surface area (Å²) in [4.78, 5) is 17.4. The van der Waals surface area contributed by atoms with Crippen LogP contribution in [0.5, 0.6) is 5.75 Å². The Morgan fingerprint density at radius 2 is 2.12 bits per heavy atom. The van der Waals surface area contributed by atoms with Crippen LogP contribution in [0, 0.1) is 25.2 Å². The Kier molecular flexibility index (Phi) is 4.36. The van der Waals surface area contributed by atoms with Crippen LogP contribution in [0.25, 0.3) is 16.6 Å². The molecule has 132 valence electrons. The first-order chi connectivity index (χ1) is 12.4. The predicted molar refractivity (Wildman–Crippen MR) is 98.3 cm³/mol. The molecule has 2 aromatic heterocycles. The summed E-state index contributed by atoms with van der Waals surface area (Å²) in [5, 5.41) is 19.9. The van der Waals surface area contributed by atoms with Crippen molar-refractivity contribution < 1.29 is 9.84 Å². The molecule has 0 amide bonds. The number of ether oxygens (including phenoxy) is 1. The molecule has 3 rings (SSSR count). The lowest BCUT2D eigenvalue weighted by molar-refractivity contribution is 0.184. The topological polar surface area (TPSA) is 114 Å². The smallest absolute Gasteiger partial charge is 0.266 e. The van der Waals surface area contributed by atoms with E-state index in [0.29, 0.717) is 23.4 Å². The average molecular weight is 350 g/mol. The van der Waals surface area contributed by atoms with E-state index in [4.69, 9.17) is 10.5 Å². The molecule has 0 atom stereocenters. The van der Waals surface area contributed by atoms with Crippen molar-refractivity contribution in [3.63, 3.8) is 0 Å². The van der Waals surface area contributed by atoms with Crippen LogP contribution < -0.4 is 11.3 Å². The molecule has 26 heavy (non-hydrogen) atoms. The number of hydrogen-bond acceptors (Lipinski definition) is 6. The second-order valence-electron chi connectivity index (χ2n) is 6.06. The Morgan fingerprint density at radius 1 is 1.38 bits per heavy atom. The standard InChI is InChI=1S/C19H18N4O3/c1-10-4-5-15(24)11(2)17(10)23-18(21)14(7-20)16-13(19(23)25)6-12(8-22-16)9-26-3/h4-6,8,24H,9,21H2,1-3H3. The van der Waals surface area contributed by atoms with Crippen LogP contribution in [-0.2, 0) is 11.3 Å². The summed E-state index contributed by atoms with van der Waals surface area (Å²) in [6.07, 6.45) is 1.56. The molecule has 0 aliphatic carbocycles. The number of nitrogens with zero attached hydrogens (tertiary/aromatic N) is 3. The second-order valence-corrected chi connectivity index (χ2v) is 6.06. The molecule has 7 nitrogen and oxygen atoms in total. The number of hydrogen-bond donors (Lipinski definition) is 2. The van der Waals surface area contributed by atoms with Crippen molar-refractivity contribution in [1.29, 1.82) is 5.26 Å². The van der Waals surface area contributed by atoms with Crippen LogP contribution in [0.1, 0.15) is 22.3 Å². The molecular weight excluding hydrogens is 332 g/mol. The fourth-order valence-corrected chi connectivity index (χ4v) is 3.08. The summed E-state index contributed by atoms with van der Waals surface area (Å²) in [5.41, 5.74) is 8.56. The normalized spacial score (nSPS) is 10.8. The van der Waals surface area contributed by atoms with Gasteiger partial charge in [-0.05, 0) is 37.1 Å². The molecule has 0 unspecified atom stereocenters. The second kappa shape index (κ2) is 6.50. The molecule has 0 fully saturated rings. The lowest BCUT2D eigenvalue weighted by Crippen LogP contribution is -2.25. The number of nitrogens with two attached hydrogens (primary N) is 1. The van der Waals surface area contributed by atoms with Crippen molar-refractivity contribution in [2.75, 3.05) is 12.8 Å². The van der Waals surface area contributed by atoms with E-state index in [1.54, 1.807) is 38.4 Å². The van der Waals surface area contributed by atoms with E-state index in [-0.39, 0.29) is 28.0 Å². The van der Waals surface area contributed by atoms with Crippen LogP contribution in [0.3, 0.4) is 0 Å². The largest absolute Gasteiger partial charge is 0.508 e. The monoisotopic (exact) mass is 350 g/mol. The summed E-state index contributed by atoms with van der Waals surface area (Å²) < 4.78 is 6.36. The van der Waals surface area contributed by atoms with E-state index < -0.39 is 5.56 Å². The highest BCUT2D eigenvalue weighted by molar-refractivity contribution is 5.88. The Morgan fingerprint density at radius 3 is 2.77 bits per heavy atom. The fraction of sp³-hybridized carbons (Fsp3) is 0.211. The van der Waals surface area contributed by atoms with E-state index in [9.17, 15) is 15.2 Å². The molecule has 0 aliphatic heterocycles. The van der Waals surface area contributed by atoms with Gasteiger partial charge in [-0.2, -0.15) is 5.26 Å². The number of aromatic hydroxyl groups is 1. The molecule has 3 N–H and O–H groups in total. The lowest BCUT2D eigenvalue weighted by atomic mass is 10.1.